The molecule has 0 saturated carbocycles. The van der Waals surface area contributed by atoms with E-state index in [1.54, 1.807) is 0 Å². The summed E-state index contributed by atoms with van der Waals surface area (Å²) in [6, 6.07) is 6.83. The fourth-order valence-electron chi connectivity index (χ4n) is 3.01. The molecule has 2 rings (SSSR count). The number of rotatable bonds is 6. The second-order valence-electron chi connectivity index (χ2n) is 6.93. The van der Waals surface area contributed by atoms with E-state index in [0.29, 0.717) is 5.92 Å². The largest absolute Gasteiger partial charge is 0.312 e. The van der Waals surface area contributed by atoms with Gasteiger partial charge in [0, 0.05) is 24.1 Å². The Balaban J connectivity index is 1.89. The zero-order valence-corrected chi connectivity index (χ0v) is 15.2. The minimum absolute atomic E-state index is 0.703. The molecule has 3 heteroatoms. The summed E-state index contributed by atoms with van der Waals surface area (Å²) in [5.41, 5.74) is 2.77. The molecule has 21 heavy (non-hydrogen) atoms. The lowest BCUT2D eigenvalue weighted by Crippen LogP contribution is -2.33. The lowest BCUT2D eigenvalue weighted by atomic mass is 9.99. The quantitative estimate of drug-likeness (QED) is 0.814. The number of halogens is 1. The zero-order valence-electron chi connectivity index (χ0n) is 13.7. The molecule has 0 bridgehead atoms. The first-order chi connectivity index (χ1) is 10.0. The van der Waals surface area contributed by atoms with Gasteiger partial charge in [-0.05, 0) is 55.0 Å². The van der Waals surface area contributed by atoms with Crippen molar-refractivity contribution in [3.05, 3.63) is 33.8 Å². The molecule has 1 aliphatic rings. The van der Waals surface area contributed by atoms with Gasteiger partial charge in [0.05, 0.1) is 0 Å². The van der Waals surface area contributed by atoms with Crippen LogP contribution in [0, 0.1) is 11.8 Å². The van der Waals surface area contributed by atoms with Crippen LogP contribution in [0.15, 0.2) is 22.7 Å². The molecule has 0 amide bonds. The Morgan fingerprint density at radius 1 is 1.38 bits per heavy atom. The fraction of sp³-hybridized carbons (Fsp3) is 0.667. The van der Waals surface area contributed by atoms with E-state index in [1.165, 1.54) is 41.5 Å². The monoisotopic (exact) mass is 352 g/mol. The lowest BCUT2D eigenvalue weighted by Gasteiger charge is -2.31. The Hall–Kier alpha value is -0.380. The van der Waals surface area contributed by atoms with E-state index >= 15 is 0 Å². The summed E-state index contributed by atoms with van der Waals surface area (Å²) >= 11 is 3.76. The maximum absolute atomic E-state index is 3.76. The molecule has 1 aromatic rings. The highest BCUT2D eigenvalue weighted by molar-refractivity contribution is 9.10. The number of benzene rings is 1. The van der Waals surface area contributed by atoms with Crippen molar-refractivity contribution in [3.8, 4) is 0 Å². The van der Waals surface area contributed by atoms with Gasteiger partial charge in [-0.25, -0.2) is 0 Å². The normalized spacial score (nSPS) is 20.1. The Labute approximate surface area is 138 Å². The summed E-state index contributed by atoms with van der Waals surface area (Å²) in [5, 5.41) is 3.50. The van der Waals surface area contributed by atoms with Gasteiger partial charge in [0.2, 0.25) is 0 Å². The molecule has 1 aromatic carbocycles. The van der Waals surface area contributed by atoms with Crippen LogP contribution >= 0.6 is 15.9 Å². The molecule has 118 valence electrons. The first kappa shape index (κ1) is 17.0. The van der Waals surface area contributed by atoms with Crippen molar-refractivity contribution in [2.24, 2.45) is 11.8 Å². The Morgan fingerprint density at radius 2 is 2.19 bits per heavy atom. The molecule has 1 heterocycles. The molecular formula is C18H29BrN2. The maximum Gasteiger partial charge on any atom is 0.0245 e. The average molecular weight is 353 g/mol. The summed E-state index contributed by atoms with van der Waals surface area (Å²) in [5.74, 6) is 1.55. The van der Waals surface area contributed by atoms with E-state index in [4.69, 9.17) is 0 Å². The molecule has 1 saturated heterocycles. The summed E-state index contributed by atoms with van der Waals surface area (Å²) < 4.78 is 1.25. The van der Waals surface area contributed by atoms with E-state index in [9.17, 15) is 0 Å². The third-order valence-corrected chi connectivity index (χ3v) is 4.87. The highest BCUT2D eigenvalue weighted by Gasteiger charge is 2.17. The number of hydrogen-bond donors (Lipinski definition) is 1. The van der Waals surface area contributed by atoms with Crippen LogP contribution in [0.5, 0.6) is 0 Å². The summed E-state index contributed by atoms with van der Waals surface area (Å²) in [4.78, 5) is 2.59. The van der Waals surface area contributed by atoms with Gasteiger partial charge >= 0.3 is 0 Å². The molecule has 0 spiro atoms. The third-order valence-electron chi connectivity index (χ3n) is 4.13. The first-order valence-corrected chi connectivity index (χ1v) is 9.04. The standard InChI is InChI=1S/C18H29BrN2/c1-14(2)10-20-11-16-6-7-17(18(19)9-16)13-21-8-4-5-15(3)12-21/h6-7,9,14-15,20H,4-5,8,10-13H2,1-3H3. The van der Waals surface area contributed by atoms with Crippen molar-refractivity contribution in [1.82, 2.24) is 10.2 Å². The number of hydrogen-bond acceptors (Lipinski definition) is 2. The Morgan fingerprint density at radius 3 is 2.86 bits per heavy atom. The van der Waals surface area contributed by atoms with Crippen LogP contribution in [-0.4, -0.2) is 24.5 Å². The van der Waals surface area contributed by atoms with E-state index in [2.05, 4.69) is 65.1 Å². The summed E-state index contributed by atoms with van der Waals surface area (Å²) in [7, 11) is 0. The predicted octanol–water partition coefficient (Wildman–Crippen LogP) is 4.43. The highest BCUT2D eigenvalue weighted by atomic mass is 79.9. The van der Waals surface area contributed by atoms with Gasteiger partial charge in [0.1, 0.15) is 0 Å². The maximum atomic E-state index is 3.76. The van der Waals surface area contributed by atoms with Crippen molar-refractivity contribution in [2.45, 2.75) is 46.7 Å². The average Bonchev–Trinajstić information content (AvgIpc) is 2.41. The summed E-state index contributed by atoms with van der Waals surface area (Å²) in [6.07, 6.45) is 2.73. The molecule has 1 unspecified atom stereocenters. The van der Waals surface area contributed by atoms with Gasteiger partial charge in [-0.1, -0.05) is 48.8 Å². The van der Waals surface area contributed by atoms with Crippen LogP contribution in [0.2, 0.25) is 0 Å². The predicted molar refractivity (Wildman–Crippen MR) is 94.4 cm³/mol. The molecule has 1 fully saturated rings. The van der Waals surface area contributed by atoms with Gasteiger partial charge in [-0.3, -0.25) is 4.90 Å². The van der Waals surface area contributed by atoms with E-state index in [1.807, 2.05) is 0 Å². The van der Waals surface area contributed by atoms with Crippen molar-refractivity contribution < 1.29 is 0 Å². The summed E-state index contributed by atoms with van der Waals surface area (Å²) in [6.45, 7) is 12.4. The van der Waals surface area contributed by atoms with Crippen LogP contribution in [0.4, 0.5) is 0 Å². The highest BCUT2D eigenvalue weighted by Crippen LogP contribution is 2.23. The minimum atomic E-state index is 0.703. The molecule has 2 nitrogen and oxygen atoms in total. The molecule has 1 N–H and O–H groups in total. The molecule has 0 aromatic heterocycles. The number of nitrogens with one attached hydrogen (secondary N) is 1. The molecule has 0 aliphatic carbocycles. The smallest absolute Gasteiger partial charge is 0.0245 e. The lowest BCUT2D eigenvalue weighted by molar-refractivity contribution is 0.176. The molecule has 1 aliphatic heterocycles. The van der Waals surface area contributed by atoms with Gasteiger partial charge in [0.25, 0.3) is 0 Å². The van der Waals surface area contributed by atoms with Crippen LogP contribution in [0.25, 0.3) is 0 Å². The van der Waals surface area contributed by atoms with Crippen LogP contribution in [-0.2, 0) is 13.1 Å². The van der Waals surface area contributed by atoms with E-state index in [0.717, 1.165) is 25.6 Å². The number of likely N-dealkylation sites (tertiary alicyclic amines) is 1. The second-order valence-corrected chi connectivity index (χ2v) is 7.79. The number of piperidine rings is 1. The Bertz CT molecular complexity index is 445. The van der Waals surface area contributed by atoms with Crippen molar-refractivity contribution in [2.75, 3.05) is 19.6 Å². The zero-order chi connectivity index (χ0) is 15.2. The van der Waals surface area contributed by atoms with E-state index < -0.39 is 0 Å². The van der Waals surface area contributed by atoms with Crippen molar-refractivity contribution in [1.29, 1.82) is 0 Å². The van der Waals surface area contributed by atoms with Gasteiger partial charge in [-0.15, -0.1) is 0 Å². The van der Waals surface area contributed by atoms with Gasteiger partial charge < -0.3 is 5.32 Å². The third kappa shape index (κ3) is 5.72. The van der Waals surface area contributed by atoms with Crippen LogP contribution in [0.3, 0.4) is 0 Å². The first-order valence-electron chi connectivity index (χ1n) is 8.25. The molecule has 0 radical (unpaired) electrons. The SMILES string of the molecule is CC(C)CNCc1ccc(CN2CCCC(C)C2)c(Br)c1. The fourth-order valence-corrected chi connectivity index (χ4v) is 3.56. The van der Waals surface area contributed by atoms with Crippen molar-refractivity contribution >= 4 is 15.9 Å². The topological polar surface area (TPSA) is 15.3 Å². The van der Waals surface area contributed by atoms with Gasteiger partial charge in [-0.2, -0.15) is 0 Å². The number of nitrogens with zero attached hydrogens (tertiary/aromatic N) is 1. The molecular weight excluding hydrogens is 324 g/mol. The second kappa shape index (κ2) is 8.30. The Kier molecular flexibility index (Phi) is 6.72. The van der Waals surface area contributed by atoms with Gasteiger partial charge in [0.15, 0.2) is 0 Å². The van der Waals surface area contributed by atoms with Crippen LogP contribution < -0.4 is 5.32 Å². The van der Waals surface area contributed by atoms with E-state index in [-0.39, 0.29) is 0 Å². The van der Waals surface area contributed by atoms with Crippen molar-refractivity contribution in [3.63, 3.8) is 0 Å². The van der Waals surface area contributed by atoms with Crippen LogP contribution in [0.1, 0.15) is 44.7 Å². The minimum Gasteiger partial charge on any atom is -0.312 e. The molecule has 1 atom stereocenters.